The Morgan fingerprint density at radius 2 is 1.95 bits per heavy atom. The smallest absolute Gasteiger partial charge is 0.0397 e. The van der Waals surface area contributed by atoms with Crippen molar-refractivity contribution in [3.8, 4) is 0 Å². The summed E-state index contributed by atoms with van der Waals surface area (Å²) in [7, 11) is 1.86. The molecule has 0 aliphatic heterocycles. The lowest BCUT2D eigenvalue weighted by molar-refractivity contribution is 0.592. The summed E-state index contributed by atoms with van der Waals surface area (Å²) in [5, 5.41) is 3.42. The quantitative estimate of drug-likeness (QED) is 0.701. The minimum absolute atomic E-state index is 0.0566. The highest BCUT2D eigenvalue weighted by Gasteiger charge is 2.18. The zero-order valence-electron chi connectivity index (χ0n) is 15.1. The molecular weight excluding hydrogens is 268 g/mol. The highest BCUT2D eigenvalue weighted by atomic mass is 14.9. The summed E-state index contributed by atoms with van der Waals surface area (Å²) in [5.41, 5.74) is 5.77. The van der Waals surface area contributed by atoms with Gasteiger partial charge in [-0.05, 0) is 37.6 Å². The second kappa shape index (κ2) is 7.44. The van der Waals surface area contributed by atoms with Gasteiger partial charge in [-0.2, -0.15) is 0 Å². The molecule has 0 amide bonds. The van der Waals surface area contributed by atoms with Crippen LogP contribution in [0.25, 0.3) is 0 Å². The minimum Gasteiger partial charge on any atom is -0.359 e. The van der Waals surface area contributed by atoms with E-state index in [1.807, 2.05) is 7.05 Å². The SMILES string of the molecule is C=C(Nc1cccc(C)c1)C(C)/C(C)=C/C(=NC)C(C)(C)C. The van der Waals surface area contributed by atoms with Crippen LogP contribution in [0.2, 0.25) is 0 Å². The van der Waals surface area contributed by atoms with Crippen LogP contribution < -0.4 is 5.32 Å². The molecular formula is C20H30N2. The summed E-state index contributed by atoms with van der Waals surface area (Å²) in [4.78, 5) is 4.43. The maximum atomic E-state index is 4.43. The predicted octanol–water partition coefficient (Wildman–Crippen LogP) is 5.62. The van der Waals surface area contributed by atoms with Crippen LogP contribution in [0.1, 0.15) is 40.2 Å². The molecule has 1 aromatic rings. The molecule has 1 unspecified atom stereocenters. The number of hydrogen-bond acceptors (Lipinski definition) is 2. The maximum Gasteiger partial charge on any atom is 0.0397 e. The monoisotopic (exact) mass is 298 g/mol. The molecule has 0 radical (unpaired) electrons. The van der Waals surface area contributed by atoms with Gasteiger partial charge >= 0.3 is 0 Å². The van der Waals surface area contributed by atoms with Crippen molar-refractivity contribution in [1.29, 1.82) is 0 Å². The molecule has 22 heavy (non-hydrogen) atoms. The first-order valence-corrected chi connectivity index (χ1v) is 7.83. The molecule has 120 valence electrons. The van der Waals surface area contributed by atoms with Crippen molar-refractivity contribution in [2.24, 2.45) is 16.3 Å². The lowest BCUT2D eigenvalue weighted by atomic mass is 9.87. The van der Waals surface area contributed by atoms with Gasteiger partial charge in [0.25, 0.3) is 0 Å². The lowest BCUT2D eigenvalue weighted by Gasteiger charge is -2.22. The minimum atomic E-state index is 0.0566. The van der Waals surface area contributed by atoms with E-state index >= 15 is 0 Å². The number of anilines is 1. The number of benzene rings is 1. The van der Waals surface area contributed by atoms with Crippen LogP contribution in [0.15, 0.2) is 53.2 Å². The van der Waals surface area contributed by atoms with Crippen molar-refractivity contribution in [1.82, 2.24) is 0 Å². The van der Waals surface area contributed by atoms with E-state index in [0.717, 1.165) is 17.1 Å². The molecule has 1 N–H and O–H groups in total. The number of rotatable bonds is 5. The average molecular weight is 298 g/mol. The summed E-state index contributed by atoms with van der Waals surface area (Å²) < 4.78 is 0. The van der Waals surface area contributed by atoms with Crippen LogP contribution >= 0.6 is 0 Å². The maximum absolute atomic E-state index is 4.43. The van der Waals surface area contributed by atoms with Crippen LogP contribution in [0.5, 0.6) is 0 Å². The first kappa shape index (κ1) is 18.2. The van der Waals surface area contributed by atoms with E-state index in [2.05, 4.69) is 88.8 Å². The molecule has 0 spiro atoms. The second-order valence-corrected chi connectivity index (χ2v) is 6.99. The first-order chi connectivity index (χ1) is 10.1. The standard InChI is InChI=1S/C20H30N2/c1-14-10-9-11-18(12-14)22-17(4)16(3)15(2)13-19(21-8)20(5,6)7/h9-13,16,22H,4H2,1-3,5-8H3/b15-13+,21-19?. The Bertz CT molecular complexity index is 586. The molecule has 0 bridgehead atoms. The number of aryl methyl sites for hydroxylation is 1. The van der Waals surface area contributed by atoms with Crippen LogP contribution in [0, 0.1) is 18.3 Å². The van der Waals surface area contributed by atoms with Crippen LogP contribution in [-0.2, 0) is 0 Å². The average Bonchev–Trinajstić information content (AvgIpc) is 2.42. The van der Waals surface area contributed by atoms with Gasteiger partial charge in [0.2, 0.25) is 0 Å². The second-order valence-electron chi connectivity index (χ2n) is 6.99. The molecule has 1 rings (SSSR count). The van der Waals surface area contributed by atoms with Gasteiger partial charge in [-0.1, -0.05) is 52.0 Å². The highest BCUT2D eigenvalue weighted by molar-refractivity contribution is 5.99. The molecule has 0 saturated carbocycles. The molecule has 2 heteroatoms. The van der Waals surface area contributed by atoms with Gasteiger partial charge in [0, 0.05) is 35.5 Å². The molecule has 0 saturated heterocycles. The largest absolute Gasteiger partial charge is 0.359 e. The van der Waals surface area contributed by atoms with E-state index in [1.54, 1.807) is 0 Å². The van der Waals surface area contributed by atoms with E-state index in [0.29, 0.717) is 0 Å². The first-order valence-electron chi connectivity index (χ1n) is 7.83. The topological polar surface area (TPSA) is 24.4 Å². The van der Waals surface area contributed by atoms with Crippen molar-refractivity contribution in [2.45, 2.75) is 41.5 Å². The number of aliphatic imine (C=N–C) groups is 1. The molecule has 0 aliphatic rings. The summed E-state index contributed by atoms with van der Waals surface area (Å²) in [5.74, 6) is 0.250. The fourth-order valence-electron chi connectivity index (χ4n) is 2.25. The fourth-order valence-corrected chi connectivity index (χ4v) is 2.25. The summed E-state index contributed by atoms with van der Waals surface area (Å²) in [6.45, 7) is 17.2. The Morgan fingerprint density at radius 3 is 2.45 bits per heavy atom. The third-order valence-corrected chi connectivity index (χ3v) is 3.90. The Hall–Kier alpha value is -1.83. The molecule has 0 fully saturated rings. The third kappa shape index (κ3) is 5.18. The van der Waals surface area contributed by atoms with E-state index in [4.69, 9.17) is 0 Å². The Balaban J connectivity index is 2.86. The van der Waals surface area contributed by atoms with E-state index in [1.165, 1.54) is 11.1 Å². The summed E-state index contributed by atoms with van der Waals surface area (Å²) >= 11 is 0. The molecule has 1 aromatic carbocycles. The summed E-state index contributed by atoms with van der Waals surface area (Å²) in [6, 6.07) is 8.35. The van der Waals surface area contributed by atoms with Gasteiger partial charge in [0.15, 0.2) is 0 Å². The van der Waals surface area contributed by atoms with Gasteiger partial charge in [0.05, 0.1) is 0 Å². The number of hydrogen-bond donors (Lipinski definition) is 1. The Morgan fingerprint density at radius 1 is 1.32 bits per heavy atom. The van der Waals surface area contributed by atoms with Gasteiger partial charge in [-0.3, -0.25) is 4.99 Å². The van der Waals surface area contributed by atoms with Gasteiger partial charge in [-0.25, -0.2) is 0 Å². The van der Waals surface area contributed by atoms with Crippen LogP contribution in [0.4, 0.5) is 5.69 Å². The zero-order valence-corrected chi connectivity index (χ0v) is 15.1. The number of nitrogens with zero attached hydrogens (tertiary/aromatic N) is 1. The van der Waals surface area contributed by atoms with Crippen molar-refractivity contribution in [2.75, 3.05) is 12.4 Å². The third-order valence-electron chi connectivity index (χ3n) is 3.90. The highest BCUT2D eigenvalue weighted by Crippen LogP contribution is 2.24. The molecule has 2 nitrogen and oxygen atoms in total. The zero-order chi connectivity index (χ0) is 16.9. The van der Waals surface area contributed by atoms with Crippen LogP contribution in [0.3, 0.4) is 0 Å². The summed E-state index contributed by atoms with van der Waals surface area (Å²) in [6.07, 6.45) is 2.19. The number of allylic oxidation sites excluding steroid dienone is 2. The van der Waals surface area contributed by atoms with Gasteiger partial charge < -0.3 is 5.32 Å². The fraction of sp³-hybridized carbons (Fsp3) is 0.450. The molecule has 0 aromatic heterocycles. The number of nitrogens with one attached hydrogen (secondary N) is 1. The van der Waals surface area contributed by atoms with Crippen molar-refractivity contribution in [3.63, 3.8) is 0 Å². The predicted molar refractivity (Wildman–Crippen MR) is 99.7 cm³/mol. The molecule has 0 heterocycles. The van der Waals surface area contributed by atoms with Crippen molar-refractivity contribution < 1.29 is 0 Å². The van der Waals surface area contributed by atoms with E-state index in [9.17, 15) is 0 Å². The molecule has 1 atom stereocenters. The van der Waals surface area contributed by atoms with E-state index in [-0.39, 0.29) is 11.3 Å². The van der Waals surface area contributed by atoms with Crippen molar-refractivity contribution >= 4 is 11.4 Å². The van der Waals surface area contributed by atoms with E-state index < -0.39 is 0 Å². The van der Waals surface area contributed by atoms with Gasteiger partial charge in [-0.15, -0.1) is 0 Å². The lowest BCUT2D eigenvalue weighted by Crippen LogP contribution is -2.19. The Labute approximate surface area is 136 Å². The Kier molecular flexibility index (Phi) is 6.16. The normalized spacial score (nSPS) is 14.7. The van der Waals surface area contributed by atoms with Crippen molar-refractivity contribution in [3.05, 3.63) is 53.8 Å². The van der Waals surface area contributed by atoms with Gasteiger partial charge in [0.1, 0.15) is 0 Å². The molecule has 0 aliphatic carbocycles. The van der Waals surface area contributed by atoms with Crippen LogP contribution in [-0.4, -0.2) is 12.8 Å².